The van der Waals surface area contributed by atoms with Crippen LogP contribution in [-0.2, 0) is 4.74 Å². The van der Waals surface area contributed by atoms with Crippen LogP contribution in [0.3, 0.4) is 0 Å². The molecule has 0 aromatic heterocycles. The molecule has 1 aliphatic carbocycles. The Kier molecular flexibility index (Phi) is 6.26. The van der Waals surface area contributed by atoms with Gasteiger partial charge in [0, 0.05) is 13.2 Å². The Hall–Kier alpha value is -0.0800. The van der Waals surface area contributed by atoms with Crippen LogP contribution in [0.5, 0.6) is 0 Å². The van der Waals surface area contributed by atoms with Crippen LogP contribution >= 0.6 is 0 Å². The summed E-state index contributed by atoms with van der Waals surface area (Å²) in [4.78, 5) is 0. The molecule has 2 unspecified atom stereocenters. The Morgan fingerprint density at radius 2 is 1.87 bits per heavy atom. The van der Waals surface area contributed by atoms with E-state index in [9.17, 15) is 0 Å². The van der Waals surface area contributed by atoms with E-state index in [-0.39, 0.29) is 6.04 Å². The summed E-state index contributed by atoms with van der Waals surface area (Å²) in [6.45, 7) is 2.25. The first-order valence-electron chi connectivity index (χ1n) is 6.58. The highest BCUT2D eigenvalue weighted by atomic mass is 16.5. The van der Waals surface area contributed by atoms with E-state index in [0.29, 0.717) is 6.10 Å². The van der Waals surface area contributed by atoms with Crippen molar-refractivity contribution in [3.63, 3.8) is 0 Å². The lowest BCUT2D eigenvalue weighted by molar-refractivity contribution is 0.0595. The summed E-state index contributed by atoms with van der Waals surface area (Å²) < 4.78 is 5.49. The second-order valence-electron chi connectivity index (χ2n) is 4.90. The van der Waals surface area contributed by atoms with E-state index in [1.165, 1.54) is 44.9 Å². The topological polar surface area (TPSA) is 35.2 Å². The maximum absolute atomic E-state index is 6.16. The first kappa shape index (κ1) is 13.0. The number of rotatable bonds is 9. The predicted molar refractivity (Wildman–Crippen MR) is 64.9 cm³/mol. The molecule has 0 aromatic rings. The first-order valence-corrected chi connectivity index (χ1v) is 6.58. The third-order valence-corrected chi connectivity index (χ3v) is 3.42. The summed E-state index contributed by atoms with van der Waals surface area (Å²) in [5.74, 6) is 0.764. The van der Waals surface area contributed by atoms with E-state index < -0.39 is 0 Å². The molecule has 2 nitrogen and oxygen atoms in total. The van der Waals surface area contributed by atoms with Crippen molar-refractivity contribution in [3.8, 4) is 0 Å². The average Bonchev–Trinajstić information content (AvgIpc) is 3.03. The van der Waals surface area contributed by atoms with E-state index in [0.717, 1.165) is 12.3 Å². The molecule has 1 fully saturated rings. The van der Waals surface area contributed by atoms with E-state index >= 15 is 0 Å². The molecule has 0 aromatic carbocycles. The molecule has 15 heavy (non-hydrogen) atoms. The molecule has 90 valence electrons. The number of hydrogen-bond donors (Lipinski definition) is 1. The highest BCUT2D eigenvalue weighted by Gasteiger charge is 2.34. The summed E-state index contributed by atoms with van der Waals surface area (Å²) in [7, 11) is 1.81. The van der Waals surface area contributed by atoms with Gasteiger partial charge >= 0.3 is 0 Å². The number of nitrogens with two attached hydrogens (primary N) is 1. The lowest BCUT2D eigenvalue weighted by Gasteiger charge is -2.22. The van der Waals surface area contributed by atoms with Gasteiger partial charge in [0.05, 0.1) is 6.10 Å². The molecular formula is C13H27NO. The van der Waals surface area contributed by atoms with Crippen molar-refractivity contribution < 1.29 is 4.74 Å². The largest absolute Gasteiger partial charge is 0.380 e. The van der Waals surface area contributed by atoms with Gasteiger partial charge in [-0.1, -0.05) is 39.0 Å². The SMILES string of the molecule is CCCCCCCC(N)C(OC)C1CC1. The highest BCUT2D eigenvalue weighted by molar-refractivity contribution is 4.88. The molecule has 0 spiro atoms. The van der Waals surface area contributed by atoms with E-state index in [1.54, 1.807) is 7.11 Å². The minimum atomic E-state index is 0.268. The molecule has 2 N–H and O–H groups in total. The van der Waals surface area contributed by atoms with Gasteiger partial charge in [-0.25, -0.2) is 0 Å². The first-order chi connectivity index (χ1) is 7.29. The molecular weight excluding hydrogens is 186 g/mol. The van der Waals surface area contributed by atoms with Gasteiger partial charge in [-0.05, 0) is 25.2 Å². The minimum Gasteiger partial charge on any atom is -0.380 e. The van der Waals surface area contributed by atoms with Gasteiger partial charge in [0.2, 0.25) is 0 Å². The van der Waals surface area contributed by atoms with E-state index in [1.807, 2.05) is 0 Å². The third kappa shape index (κ3) is 4.98. The smallest absolute Gasteiger partial charge is 0.0750 e. The van der Waals surface area contributed by atoms with E-state index in [2.05, 4.69) is 6.92 Å². The van der Waals surface area contributed by atoms with Crippen molar-refractivity contribution in [1.82, 2.24) is 0 Å². The normalized spacial score (nSPS) is 20.2. The van der Waals surface area contributed by atoms with Gasteiger partial charge in [-0.3, -0.25) is 0 Å². The zero-order valence-electron chi connectivity index (χ0n) is 10.4. The van der Waals surface area contributed by atoms with Gasteiger partial charge in [-0.2, -0.15) is 0 Å². The third-order valence-electron chi connectivity index (χ3n) is 3.42. The minimum absolute atomic E-state index is 0.268. The maximum Gasteiger partial charge on any atom is 0.0750 e. The standard InChI is InChI=1S/C13H27NO/c1-3-4-5-6-7-8-12(14)13(15-2)11-9-10-11/h11-13H,3-10,14H2,1-2H3. The van der Waals surface area contributed by atoms with Crippen LogP contribution in [0.4, 0.5) is 0 Å². The summed E-state index contributed by atoms with van der Waals surface area (Å²) in [6, 6.07) is 0.268. The molecule has 2 heteroatoms. The highest BCUT2D eigenvalue weighted by Crippen LogP contribution is 2.35. The van der Waals surface area contributed by atoms with Crippen LogP contribution in [-0.4, -0.2) is 19.3 Å². The molecule has 0 aliphatic heterocycles. The van der Waals surface area contributed by atoms with Gasteiger partial charge in [-0.15, -0.1) is 0 Å². The molecule has 1 aliphatic rings. The molecule has 0 bridgehead atoms. The number of hydrogen-bond acceptors (Lipinski definition) is 2. The second kappa shape index (κ2) is 7.24. The Labute approximate surface area is 94.6 Å². The Bertz CT molecular complexity index is 157. The van der Waals surface area contributed by atoms with Crippen LogP contribution in [0.1, 0.15) is 58.3 Å². The predicted octanol–water partition coefficient (Wildman–Crippen LogP) is 3.10. The fourth-order valence-electron chi connectivity index (χ4n) is 2.29. The van der Waals surface area contributed by atoms with Gasteiger partial charge in [0.25, 0.3) is 0 Å². The quantitative estimate of drug-likeness (QED) is 0.597. The van der Waals surface area contributed by atoms with Gasteiger partial charge in [0.15, 0.2) is 0 Å². The molecule has 0 amide bonds. The van der Waals surface area contributed by atoms with E-state index in [4.69, 9.17) is 10.5 Å². The van der Waals surface area contributed by atoms with Crippen LogP contribution in [0, 0.1) is 5.92 Å². The van der Waals surface area contributed by atoms with Crippen molar-refractivity contribution >= 4 is 0 Å². The lowest BCUT2D eigenvalue weighted by Crippen LogP contribution is -2.37. The van der Waals surface area contributed by atoms with Crippen LogP contribution in [0.2, 0.25) is 0 Å². The second-order valence-corrected chi connectivity index (χ2v) is 4.90. The summed E-state index contributed by atoms with van der Waals surface area (Å²) in [6.07, 6.45) is 10.8. The number of unbranched alkanes of at least 4 members (excludes halogenated alkanes) is 4. The fraction of sp³-hybridized carbons (Fsp3) is 1.00. The Morgan fingerprint density at radius 1 is 1.20 bits per heavy atom. The number of ether oxygens (including phenoxy) is 1. The summed E-state index contributed by atoms with van der Waals surface area (Å²) in [5.41, 5.74) is 6.16. The van der Waals surface area contributed by atoms with Gasteiger partial charge < -0.3 is 10.5 Å². The Morgan fingerprint density at radius 3 is 2.40 bits per heavy atom. The van der Waals surface area contributed by atoms with Crippen LogP contribution in [0.15, 0.2) is 0 Å². The molecule has 2 atom stereocenters. The average molecular weight is 213 g/mol. The fourth-order valence-corrected chi connectivity index (χ4v) is 2.29. The zero-order chi connectivity index (χ0) is 11.1. The zero-order valence-corrected chi connectivity index (χ0v) is 10.4. The van der Waals surface area contributed by atoms with Crippen molar-refractivity contribution in [2.24, 2.45) is 11.7 Å². The molecule has 0 heterocycles. The molecule has 0 saturated heterocycles. The monoisotopic (exact) mass is 213 g/mol. The van der Waals surface area contributed by atoms with Crippen LogP contribution in [0.25, 0.3) is 0 Å². The lowest BCUT2D eigenvalue weighted by atomic mass is 10.00. The molecule has 0 radical (unpaired) electrons. The summed E-state index contributed by atoms with van der Waals surface area (Å²) >= 11 is 0. The van der Waals surface area contributed by atoms with Crippen molar-refractivity contribution in [1.29, 1.82) is 0 Å². The maximum atomic E-state index is 6.16. The van der Waals surface area contributed by atoms with Crippen LogP contribution < -0.4 is 5.73 Å². The number of methoxy groups -OCH3 is 1. The molecule has 1 saturated carbocycles. The summed E-state index contributed by atoms with van der Waals surface area (Å²) in [5, 5.41) is 0. The van der Waals surface area contributed by atoms with Crippen molar-refractivity contribution in [2.75, 3.05) is 7.11 Å². The van der Waals surface area contributed by atoms with Gasteiger partial charge in [0.1, 0.15) is 0 Å². The van der Waals surface area contributed by atoms with Crippen molar-refractivity contribution in [3.05, 3.63) is 0 Å². The van der Waals surface area contributed by atoms with Crippen molar-refractivity contribution in [2.45, 2.75) is 70.4 Å². The molecule has 1 rings (SSSR count). The Balaban J connectivity index is 2.03.